The molecule has 3 rings (SSSR count). The molecule has 0 aliphatic carbocycles. The Morgan fingerprint density at radius 2 is 1.80 bits per heavy atom. The Balaban J connectivity index is 2.09. The summed E-state index contributed by atoms with van der Waals surface area (Å²) in [6.07, 6.45) is 1.67. The third kappa shape index (κ3) is 1.91. The highest BCUT2D eigenvalue weighted by atomic mass is 16.7. The first-order chi connectivity index (χ1) is 9.34. The van der Waals surface area contributed by atoms with E-state index in [9.17, 15) is 0 Å². The van der Waals surface area contributed by atoms with Crippen molar-refractivity contribution >= 4 is 23.6 Å². The molecule has 0 atom stereocenters. The van der Waals surface area contributed by atoms with E-state index >= 15 is 0 Å². The van der Waals surface area contributed by atoms with Crippen molar-refractivity contribution < 1.29 is 14.0 Å². The summed E-state index contributed by atoms with van der Waals surface area (Å²) in [5.41, 5.74) is 1.91. The molecule has 5 nitrogen and oxygen atoms in total. The van der Waals surface area contributed by atoms with Crippen molar-refractivity contribution in [1.29, 1.82) is 0 Å². The molecule has 1 aliphatic heterocycles. The second kappa shape index (κ2) is 4.23. The maximum Gasteiger partial charge on any atom is 0.497 e. The maximum absolute atomic E-state index is 6.10. The molecule has 1 aromatic carbocycles. The normalized spacial score (nSPS) is 20.6. The van der Waals surface area contributed by atoms with E-state index in [0.29, 0.717) is 0 Å². The molecule has 1 N–H and O–H groups in total. The number of hydrogen-bond donors (Lipinski definition) is 1. The fourth-order valence-corrected chi connectivity index (χ4v) is 2.32. The zero-order chi connectivity index (χ0) is 14.5. The van der Waals surface area contributed by atoms with Gasteiger partial charge < -0.3 is 19.0 Å². The first-order valence-corrected chi connectivity index (χ1v) is 6.71. The molecule has 2 aromatic rings. The summed E-state index contributed by atoms with van der Waals surface area (Å²) in [6, 6.07) is 3.84. The predicted octanol–water partition coefficient (Wildman–Crippen LogP) is 1.87. The summed E-state index contributed by atoms with van der Waals surface area (Å²) < 4.78 is 17.5. The van der Waals surface area contributed by atoms with Gasteiger partial charge in [0.25, 0.3) is 0 Å². The summed E-state index contributed by atoms with van der Waals surface area (Å²) in [7, 11) is 1.20. The van der Waals surface area contributed by atoms with Crippen molar-refractivity contribution in [3.05, 3.63) is 18.5 Å². The average Bonchev–Trinajstić information content (AvgIpc) is 2.90. The molecule has 6 heteroatoms. The van der Waals surface area contributed by atoms with E-state index in [1.807, 2.05) is 39.8 Å². The zero-order valence-corrected chi connectivity index (χ0v) is 12.5. The number of rotatable bonds is 2. The van der Waals surface area contributed by atoms with Crippen molar-refractivity contribution in [2.75, 3.05) is 7.11 Å². The van der Waals surface area contributed by atoms with Crippen LogP contribution in [-0.2, 0) is 9.31 Å². The highest BCUT2D eigenvalue weighted by molar-refractivity contribution is 6.65. The largest absolute Gasteiger partial charge is 0.497 e. The van der Waals surface area contributed by atoms with Crippen molar-refractivity contribution in [2.24, 2.45) is 0 Å². The number of methoxy groups -OCH3 is 1. The highest BCUT2D eigenvalue weighted by Gasteiger charge is 2.52. The SMILES string of the molecule is COc1cc(B2OC(C)(C)C(C)(C)O2)c2nc[nH]c2c1. The number of ether oxygens (including phenoxy) is 1. The van der Waals surface area contributed by atoms with Crippen LogP contribution in [0.25, 0.3) is 11.0 Å². The standard InChI is InChI=1S/C14H19BN2O3/c1-13(2)14(3,4)20-15(19-13)10-6-9(18-5)7-11-12(10)17-8-16-11/h6-8H,1-5H3,(H,16,17). The minimum absolute atomic E-state index is 0.372. The van der Waals surface area contributed by atoms with Gasteiger partial charge in [0, 0.05) is 11.5 Å². The topological polar surface area (TPSA) is 56.4 Å². The lowest BCUT2D eigenvalue weighted by molar-refractivity contribution is 0.00578. The first-order valence-electron chi connectivity index (χ1n) is 6.71. The number of fused-ring (bicyclic) bond motifs is 1. The van der Waals surface area contributed by atoms with Gasteiger partial charge in [-0.3, -0.25) is 0 Å². The van der Waals surface area contributed by atoms with Gasteiger partial charge in [-0.05, 0) is 33.8 Å². The predicted molar refractivity (Wildman–Crippen MR) is 78.4 cm³/mol. The van der Waals surface area contributed by atoms with Crippen molar-refractivity contribution in [1.82, 2.24) is 9.97 Å². The van der Waals surface area contributed by atoms with Crippen LogP contribution in [0.5, 0.6) is 5.75 Å². The monoisotopic (exact) mass is 274 g/mol. The van der Waals surface area contributed by atoms with Gasteiger partial charge in [0.2, 0.25) is 0 Å². The van der Waals surface area contributed by atoms with Crippen LogP contribution in [0.3, 0.4) is 0 Å². The Bertz CT molecular complexity index is 635. The molecule has 0 amide bonds. The molecule has 0 unspecified atom stereocenters. The van der Waals surface area contributed by atoms with Crippen LogP contribution >= 0.6 is 0 Å². The van der Waals surface area contributed by atoms with E-state index in [-0.39, 0.29) is 11.2 Å². The van der Waals surface area contributed by atoms with Crippen molar-refractivity contribution in [3.63, 3.8) is 0 Å². The number of aromatic amines is 1. The van der Waals surface area contributed by atoms with Crippen LogP contribution in [0.15, 0.2) is 18.5 Å². The van der Waals surface area contributed by atoms with Crippen LogP contribution in [0, 0.1) is 0 Å². The zero-order valence-electron chi connectivity index (χ0n) is 12.5. The molecular weight excluding hydrogens is 255 g/mol. The minimum Gasteiger partial charge on any atom is -0.497 e. The van der Waals surface area contributed by atoms with Gasteiger partial charge in [0.1, 0.15) is 5.75 Å². The van der Waals surface area contributed by atoms with Gasteiger partial charge in [-0.2, -0.15) is 0 Å². The molecule has 0 radical (unpaired) electrons. The van der Waals surface area contributed by atoms with Gasteiger partial charge in [-0.25, -0.2) is 4.98 Å². The number of aromatic nitrogens is 2. The highest BCUT2D eigenvalue weighted by Crippen LogP contribution is 2.37. The number of hydrogen-bond acceptors (Lipinski definition) is 4. The third-order valence-corrected chi connectivity index (χ3v) is 4.27. The molecule has 1 aliphatic rings. The Morgan fingerprint density at radius 1 is 1.15 bits per heavy atom. The third-order valence-electron chi connectivity index (χ3n) is 4.27. The van der Waals surface area contributed by atoms with Crippen molar-refractivity contribution in [2.45, 2.75) is 38.9 Å². The Kier molecular flexibility index (Phi) is 2.85. The smallest absolute Gasteiger partial charge is 0.497 e. The quantitative estimate of drug-likeness (QED) is 0.849. The minimum atomic E-state index is -0.444. The molecule has 0 spiro atoms. The Hall–Kier alpha value is -1.53. The molecule has 1 saturated heterocycles. The molecule has 1 aromatic heterocycles. The first kappa shape index (κ1) is 13.5. The van der Waals surface area contributed by atoms with Gasteiger partial charge in [0.05, 0.1) is 35.7 Å². The van der Waals surface area contributed by atoms with Gasteiger partial charge in [-0.1, -0.05) is 0 Å². The lowest BCUT2D eigenvalue weighted by atomic mass is 9.78. The number of H-pyrrole nitrogens is 1. The van der Waals surface area contributed by atoms with E-state index in [0.717, 1.165) is 22.2 Å². The van der Waals surface area contributed by atoms with Crippen molar-refractivity contribution in [3.8, 4) is 5.75 Å². The molecule has 2 heterocycles. The summed E-state index contributed by atoms with van der Waals surface area (Å²) in [4.78, 5) is 7.46. The lowest BCUT2D eigenvalue weighted by Gasteiger charge is -2.32. The van der Waals surface area contributed by atoms with Gasteiger partial charge in [-0.15, -0.1) is 0 Å². The molecular formula is C14H19BN2O3. The summed E-state index contributed by atoms with van der Waals surface area (Å²) >= 11 is 0. The van der Waals surface area contributed by atoms with Crippen LogP contribution in [0.2, 0.25) is 0 Å². The number of benzene rings is 1. The number of nitrogens with one attached hydrogen (secondary N) is 1. The number of nitrogens with zero attached hydrogens (tertiary/aromatic N) is 1. The van der Waals surface area contributed by atoms with E-state index in [2.05, 4.69) is 9.97 Å². The second-order valence-corrected chi connectivity index (χ2v) is 6.10. The van der Waals surface area contributed by atoms with Gasteiger partial charge in [0.15, 0.2) is 0 Å². The number of imidazole rings is 1. The molecule has 0 bridgehead atoms. The summed E-state index contributed by atoms with van der Waals surface area (Å²) in [6.45, 7) is 8.15. The second-order valence-electron chi connectivity index (χ2n) is 6.10. The van der Waals surface area contributed by atoms with Crippen LogP contribution in [-0.4, -0.2) is 35.4 Å². The molecule has 106 valence electrons. The Labute approximate surface area is 118 Å². The average molecular weight is 274 g/mol. The fourth-order valence-electron chi connectivity index (χ4n) is 2.32. The van der Waals surface area contributed by atoms with E-state index in [1.54, 1.807) is 13.4 Å². The van der Waals surface area contributed by atoms with Crippen LogP contribution in [0.1, 0.15) is 27.7 Å². The maximum atomic E-state index is 6.10. The van der Waals surface area contributed by atoms with E-state index in [4.69, 9.17) is 14.0 Å². The summed E-state index contributed by atoms with van der Waals surface area (Å²) in [5, 5.41) is 0. The molecule has 20 heavy (non-hydrogen) atoms. The van der Waals surface area contributed by atoms with E-state index < -0.39 is 7.12 Å². The summed E-state index contributed by atoms with van der Waals surface area (Å²) in [5.74, 6) is 0.756. The van der Waals surface area contributed by atoms with Crippen LogP contribution < -0.4 is 10.2 Å². The van der Waals surface area contributed by atoms with E-state index in [1.165, 1.54) is 0 Å². The Morgan fingerprint density at radius 3 is 2.40 bits per heavy atom. The van der Waals surface area contributed by atoms with Crippen LogP contribution in [0.4, 0.5) is 0 Å². The van der Waals surface area contributed by atoms with Gasteiger partial charge >= 0.3 is 7.12 Å². The molecule has 1 fully saturated rings. The lowest BCUT2D eigenvalue weighted by Crippen LogP contribution is -2.41. The fraction of sp³-hybridized carbons (Fsp3) is 0.500. The molecule has 0 saturated carbocycles.